The monoisotopic (exact) mass is 284 g/mol. The van der Waals surface area contributed by atoms with Gasteiger partial charge in [-0.3, -0.25) is 4.79 Å². The first kappa shape index (κ1) is 13.2. The van der Waals surface area contributed by atoms with Crippen LogP contribution in [0.3, 0.4) is 0 Å². The smallest absolute Gasteiger partial charge is 0.242 e. The summed E-state index contributed by atoms with van der Waals surface area (Å²) in [4.78, 5) is 16.2. The number of pyridine rings is 1. The number of nitrogens with zero attached hydrogens (tertiary/aromatic N) is 4. The fraction of sp³-hybridized carbons (Fsp3) is 0.214. The average Bonchev–Trinajstić information content (AvgIpc) is 3.00. The van der Waals surface area contributed by atoms with Crippen LogP contribution in [0.25, 0.3) is 5.65 Å². The van der Waals surface area contributed by atoms with E-state index in [0.717, 1.165) is 17.0 Å². The Kier molecular flexibility index (Phi) is 3.31. The molecule has 0 aliphatic heterocycles. The van der Waals surface area contributed by atoms with Crippen LogP contribution in [0.15, 0.2) is 36.7 Å². The predicted molar refractivity (Wildman–Crippen MR) is 78.4 cm³/mol. The predicted octanol–water partition coefficient (Wildman–Crippen LogP) is 0.738. The lowest BCUT2D eigenvalue weighted by Gasteiger charge is -2.06. The zero-order valence-electron chi connectivity index (χ0n) is 11.7. The Bertz CT molecular complexity index is 788. The van der Waals surface area contributed by atoms with Gasteiger partial charge in [0.25, 0.3) is 0 Å². The van der Waals surface area contributed by atoms with E-state index in [1.165, 1.54) is 4.68 Å². The Morgan fingerprint density at radius 2 is 2.29 bits per heavy atom. The van der Waals surface area contributed by atoms with Gasteiger partial charge in [-0.1, -0.05) is 6.07 Å². The van der Waals surface area contributed by atoms with Crippen molar-refractivity contribution in [2.75, 3.05) is 5.73 Å². The third kappa shape index (κ3) is 2.71. The van der Waals surface area contributed by atoms with Crippen LogP contribution >= 0.6 is 0 Å². The summed E-state index contributed by atoms with van der Waals surface area (Å²) in [6.07, 6.45) is 3.67. The van der Waals surface area contributed by atoms with E-state index in [4.69, 9.17) is 5.73 Å². The highest BCUT2D eigenvalue weighted by Gasteiger charge is 2.09. The maximum Gasteiger partial charge on any atom is 0.242 e. The number of nitrogens with one attached hydrogen (secondary N) is 1. The van der Waals surface area contributed by atoms with Crippen molar-refractivity contribution in [1.82, 2.24) is 24.5 Å². The van der Waals surface area contributed by atoms with E-state index in [1.54, 1.807) is 12.3 Å². The lowest BCUT2D eigenvalue weighted by molar-refractivity contribution is -0.122. The highest BCUT2D eigenvalue weighted by Crippen LogP contribution is 2.06. The second kappa shape index (κ2) is 5.28. The van der Waals surface area contributed by atoms with Crippen LogP contribution in [0, 0.1) is 6.92 Å². The number of aryl methyl sites for hydroxylation is 1. The minimum Gasteiger partial charge on any atom is -0.384 e. The van der Waals surface area contributed by atoms with Gasteiger partial charge in [0.2, 0.25) is 5.91 Å². The zero-order valence-corrected chi connectivity index (χ0v) is 11.7. The molecule has 0 radical (unpaired) electrons. The van der Waals surface area contributed by atoms with Gasteiger partial charge < -0.3 is 15.5 Å². The molecule has 3 rings (SSSR count). The molecule has 3 N–H and O–H groups in total. The van der Waals surface area contributed by atoms with Crippen molar-refractivity contribution in [1.29, 1.82) is 0 Å². The standard InChI is InChI=1S/C14H16N6O/c1-10-6-12(15)20(18-10)9-14(21)17-8-11-7-16-13-4-2-3-5-19(11)13/h2-7H,8-9,15H2,1H3,(H,17,21). The molecule has 3 aromatic rings. The molecule has 21 heavy (non-hydrogen) atoms. The molecule has 0 bridgehead atoms. The number of carbonyl (C=O) groups is 1. The first-order chi connectivity index (χ1) is 10.1. The van der Waals surface area contributed by atoms with Gasteiger partial charge in [-0.15, -0.1) is 0 Å². The molecular weight excluding hydrogens is 268 g/mol. The molecule has 0 saturated heterocycles. The van der Waals surface area contributed by atoms with Crippen molar-refractivity contribution in [2.45, 2.75) is 20.0 Å². The van der Waals surface area contributed by atoms with Crippen LogP contribution in [0.5, 0.6) is 0 Å². The number of nitrogen functional groups attached to an aromatic ring is 1. The highest BCUT2D eigenvalue weighted by molar-refractivity contribution is 5.76. The SMILES string of the molecule is Cc1cc(N)n(CC(=O)NCc2cnc3ccccn23)n1. The number of fused-ring (bicyclic) bond motifs is 1. The fourth-order valence-electron chi connectivity index (χ4n) is 2.19. The van der Waals surface area contributed by atoms with Crippen LogP contribution in [-0.4, -0.2) is 25.1 Å². The summed E-state index contributed by atoms with van der Waals surface area (Å²) in [5, 5.41) is 7.00. The van der Waals surface area contributed by atoms with Crippen molar-refractivity contribution < 1.29 is 4.79 Å². The van der Waals surface area contributed by atoms with E-state index in [2.05, 4.69) is 15.4 Å². The zero-order chi connectivity index (χ0) is 14.8. The molecule has 7 nitrogen and oxygen atoms in total. The third-order valence-electron chi connectivity index (χ3n) is 3.19. The molecule has 0 aliphatic carbocycles. The number of carbonyl (C=O) groups excluding carboxylic acids is 1. The van der Waals surface area contributed by atoms with Crippen LogP contribution in [0.4, 0.5) is 5.82 Å². The molecule has 0 aromatic carbocycles. The van der Waals surface area contributed by atoms with Gasteiger partial charge in [0.15, 0.2) is 0 Å². The van der Waals surface area contributed by atoms with Crippen LogP contribution in [0.2, 0.25) is 0 Å². The molecule has 0 saturated carbocycles. The maximum atomic E-state index is 11.9. The Hall–Kier alpha value is -2.83. The normalized spacial score (nSPS) is 10.9. The molecule has 7 heteroatoms. The number of hydrogen-bond donors (Lipinski definition) is 2. The van der Waals surface area contributed by atoms with Crippen molar-refractivity contribution >= 4 is 17.4 Å². The minimum atomic E-state index is -0.143. The lowest BCUT2D eigenvalue weighted by atomic mass is 10.4. The molecule has 1 amide bonds. The molecule has 108 valence electrons. The number of amides is 1. The molecule has 0 atom stereocenters. The second-order valence-electron chi connectivity index (χ2n) is 4.82. The van der Waals surface area contributed by atoms with Crippen molar-refractivity contribution in [3.8, 4) is 0 Å². The summed E-state index contributed by atoms with van der Waals surface area (Å²) in [6.45, 7) is 2.35. The van der Waals surface area contributed by atoms with Crippen molar-refractivity contribution in [3.63, 3.8) is 0 Å². The number of rotatable bonds is 4. The molecule has 3 aromatic heterocycles. The number of aromatic nitrogens is 4. The summed E-state index contributed by atoms with van der Waals surface area (Å²) in [5.74, 6) is 0.341. The van der Waals surface area contributed by atoms with Crippen LogP contribution in [0.1, 0.15) is 11.4 Å². The second-order valence-corrected chi connectivity index (χ2v) is 4.82. The van der Waals surface area contributed by atoms with E-state index in [0.29, 0.717) is 12.4 Å². The van der Waals surface area contributed by atoms with Crippen molar-refractivity contribution in [2.24, 2.45) is 0 Å². The quantitative estimate of drug-likeness (QED) is 0.739. The highest BCUT2D eigenvalue weighted by atomic mass is 16.2. The Morgan fingerprint density at radius 3 is 3.05 bits per heavy atom. The Balaban J connectivity index is 1.65. The van der Waals surface area contributed by atoms with Gasteiger partial charge in [-0.25, -0.2) is 9.67 Å². The number of nitrogens with two attached hydrogens (primary N) is 1. The van der Waals surface area contributed by atoms with E-state index >= 15 is 0 Å². The van der Waals surface area contributed by atoms with Crippen LogP contribution in [-0.2, 0) is 17.9 Å². The third-order valence-corrected chi connectivity index (χ3v) is 3.19. The van der Waals surface area contributed by atoms with Gasteiger partial charge in [-0.2, -0.15) is 5.10 Å². The first-order valence-electron chi connectivity index (χ1n) is 6.61. The van der Waals surface area contributed by atoms with Gasteiger partial charge in [0.05, 0.1) is 24.1 Å². The molecule has 3 heterocycles. The lowest BCUT2D eigenvalue weighted by Crippen LogP contribution is -2.28. The van der Waals surface area contributed by atoms with E-state index in [-0.39, 0.29) is 12.5 Å². The molecule has 0 fully saturated rings. The van der Waals surface area contributed by atoms with E-state index in [1.807, 2.05) is 35.7 Å². The molecule has 0 aliphatic rings. The fourth-order valence-corrected chi connectivity index (χ4v) is 2.19. The Labute approximate surface area is 121 Å². The van der Waals surface area contributed by atoms with Crippen molar-refractivity contribution in [3.05, 3.63) is 48.0 Å². The van der Waals surface area contributed by atoms with Gasteiger partial charge in [0.1, 0.15) is 18.0 Å². The van der Waals surface area contributed by atoms with E-state index < -0.39 is 0 Å². The van der Waals surface area contributed by atoms with Gasteiger partial charge >= 0.3 is 0 Å². The number of anilines is 1. The topological polar surface area (TPSA) is 90.2 Å². The molecule has 0 unspecified atom stereocenters. The summed E-state index contributed by atoms with van der Waals surface area (Å²) in [5.41, 5.74) is 8.33. The summed E-state index contributed by atoms with van der Waals surface area (Å²) < 4.78 is 3.42. The molecule has 0 spiro atoms. The average molecular weight is 284 g/mol. The van der Waals surface area contributed by atoms with Gasteiger partial charge in [-0.05, 0) is 19.1 Å². The summed E-state index contributed by atoms with van der Waals surface area (Å²) in [7, 11) is 0. The Morgan fingerprint density at radius 1 is 1.43 bits per heavy atom. The largest absolute Gasteiger partial charge is 0.384 e. The first-order valence-corrected chi connectivity index (χ1v) is 6.61. The number of imidazole rings is 1. The van der Waals surface area contributed by atoms with Crippen LogP contribution < -0.4 is 11.1 Å². The summed E-state index contributed by atoms with van der Waals surface area (Å²) in [6, 6.07) is 7.50. The number of hydrogen-bond acceptors (Lipinski definition) is 4. The van der Waals surface area contributed by atoms with E-state index in [9.17, 15) is 4.79 Å². The maximum absolute atomic E-state index is 11.9. The minimum absolute atomic E-state index is 0.108. The summed E-state index contributed by atoms with van der Waals surface area (Å²) >= 11 is 0. The molecular formula is C14H16N6O. The van der Waals surface area contributed by atoms with Gasteiger partial charge in [0, 0.05) is 12.3 Å².